The molecule has 0 saturated heterocycles. The zero-order valence-electron chi connectivity index (χ0n) is 15.5. The maximum atomic E-state index is 12.3. The molecule has 0 radical (unpaired) electrons. The lowest BCUT2D eigenvalue weighted by Gasteiger charge is -2.05. The molecule has 0 fully saturated rings. The molecule has 0 spiro atoms. The predicted molar refractivity (Wildman–Crippen MR) is 107 cm³/mol. The molecule has 3 aromatic rings. The highest BCUT2D eigenvalue weighted by Crippen LogP contribution is 2.28. The van der Waals surface area contributed by atoms with Gasteiger partial charge in [-0.2, -0.15) is 0 Å². The van der Waals surface area contributed by atoms with Crippen molar-refractivity contribution >= 4 is 17.8 Å². The van der Waals surface area contributed by atoms with Crippen molar-refractivity contribution in [2.24, 2.45) is 0 Å². The van der Waals surface area contributed by atoms with Gasteiger partial charge in [-0.05, 0) is 54.0 Å². The number of carboxylic acids is 1. The Morgan fingerprint density at radius 2 is 1.71 bits per heavy atom. The fourth-order valence-corrected chi connectivity index (χ4v) is 2.74. The van der Waals surface area contributed by atoms with Gasteiger partial charge in [-0.1, -0.05) is 38.1 Å². The van der Waals surface area contributed by atoms with Crippen molar-refractivity contribution in [1.29, 1.82) is 0 Å². The van der Waals surface area contributed by atoms with Crippen molar-refractivity contribution in [1.82, 2.24) is 0 Å². The minimum absolute atomic E-state index is 0.133. The van der Waals surface area contributed by atoms with E-state index in [-0.39, 0.29) is 17.1 Å². The highest BCUT2D eigenvalue weighted by atomic mass is 16.4. The topological polar surface area (TPSA) is 87.7 Å². The molecule has 1 heterocycles. The second kappa shape index (κ2) is 7.96. The summed E-state index contributed by atoms with van der Waals surface area (Å²) >= 11 is 0. The number of ketones is 1. The van der Waals surface area contributed by atoms with Crippen molar-refractivity contribution in [3.05, 3.63) is 83.1 Å². The van der Waals surface area contributed by atoms with E-state index in [2.05, 4.69) is 13.8 Å². The van der Waals surface area contributed by atoms with Gasteiger partial charge in [-0.15, -0.1) is 0 Å². The first kappa shape index (κ1) is 19.2. The van der Waals surface area contributed by atoms with E-state index in [0.717, 1.165) is 0 Å². The van der Waals surface area contributed by atoms with Crippen LogP contribution in [-0.4, -0.2) is 22.0 Å². The number of allylic oxidation sites excluding steroid dienone is 1. The molecule has 0 saturated carbocycles. The van der Waals surface area contributed by atoms with Gasteiger partial charge < -0.3 is 14.6 Å². The SMILES string of the molecule is CC(C)c1ccc(C(=O)/C=C/c2ccc(-c3ccc(O)c(C(=O)O)c3)o2)cc1. The number of carbonyl (C=O) groups excluding carboxylic acids is 1. The molecule has 5 heteroatoms. The summed E-state index contributed by atoms with van der Waals surface area (Å²) in [6.45, 7) is 4.19. The minimum atomic E-state index is -1.22. The van der Waals surface area contributed by atoms with E-state index in [1.54, 1.807) is 36.4 Å². The third kappa shape index (κ3) is 4.20. The van der Waals surface area contributed by atoms with Crippen LogP contribution in [0.3, 0.4) is 0 Å². The molecule has 142 valence electrons. The zero-order valence-corrected chi connectivity index (χ0v) is 15.5. The van der Waals surface area contributed by atoms with Crippen LogP contribution in [0, 0.1) is 0 Å². The number of carbonyl (C=O) groups is 2. The van der Waals surface area contributed by atoms with Gasteiger partial charge in [0, 0.05) is 11.1 Å². The molecule has 0 aliphatic rings. The van der Waals surface area contributed by atoms with Crippen molar-refractivity contribution < 1.29 is 24.2 Å². The summed E-state index contributed by atoms with van der Waals surface area (Å²) < 4.78 is 5.67. The summed E-state index contributed by atoms with van der Waals surface area (Å²) in [5, 5.41) is 18.7. The molecule has 28 heavy (non-hydrogen) atoms. The van der Waals surface area contributed by atoms with Crippen LogP contribution in [0.1, 0.15) is 51.8 Å². The van der Waals surface area contributed by atoms with Crippen LogP contribution < -0.4 is 0 Å². The number of aromatic hydroxyl groups is 1. The van der Waals surface area contributed by atoms with Gasteiger partial charge in [0.25, 0.3) is 0 Å². The molecule has 1 aromatic heterocycles. The fraction of sp³-hybridized carbons (Fsp3) is 0.130. The van der Waals surface area contributed by atoms with E-state index in [4.69, 9.17) is 9.52 Å². The highest BCUT2D eigenvalue weighted by Gasteiger charge is 2.13. The number of hydrogen-bond acceptors (Lipinski definition) is 4. The maximum absolute atomic E-state index is 12.3. The highest BCUT2D eigenvalue weighted by molar-refractivity contribution is 6.06. The molecule has 5 nitrogen and oxygen atoms in total. The lowest BCUT2D eigenvalue weighted by atomic mass is 10.0. The molecule has 0 bridgehead atoms. The van der Waals surface area contributed by atoms with Gasteiger partial charge in [0.2, 0.25) is 0 Å². The van der Waals surface area contributed by atoms with Crippen LogP contribution >= 0.6 is 0 Å². The summed E-state index contributed by atoms with van der Waals surface area (Å²) in [6, 6.07) is 15.1. The average Bonchev–Trinajstić information content (AvgIpc) is 3.15. The van der Waals surface area contributed by atoms with E-state index in [0.29, 0.717) is 28.6 Å². The first-order chi connectivity index (χ1) is 13.3. The Bertz CT molecular complexity index is 1040. The van der Waals surface area contributed by atoms with Gasteiger partial charge >= 0.3 is 5.97 Å². The van der Waals surface area contributed by atoms with Crippen LogP contribution in [0.4, 0.5) is 0 Å². The standard InChI is InChI=1S/C23H20O5/c1-14(2)15-3-5-16(6-4-15)20(24)11-8-18-9-12-22(28-18)17-7-10-21(25)19(13-17)23(26)27/h3-14,25H,1-2H3,(H,26,27)/b11-8+. The molecule has 0 amide bonds. The predicted octanol–water partition coefficient (Wildman–Crippen LogP) is 5.37. The molecule has 2 N–H and O–H groups in total. The molecular formula is C23H20O5. The van der Waals surface area contributed by atoms with Crippen LogP contribution in [0.5, 0.6) is 5.75 Å². The monoisotopic (exact) mass is 376 g/mol. The van der Waals surface area contributed by atoms with Crippen molar-refractivity contribution in [2.75, 3.05) is 0 Å². The molecule has 0 aliphatic heterocycles. The van der Waals surface area contributed by atoms with Crippen LogP contribution in [0.2, 0.25) is 0 Å². The number of carboxylic acid groups (broad SMARTS) is 1. The van der Waals surface area contributed by atoms with E-state index in [9.17, 15) is 14.7 Å². The Hall–Kier alpha value is -3.60. The summed E-state index contributed by atoms with van der Waals surface area (Å²) in [5.74, 6) is -0.353. The Labute approximate surface area is 162 Å². The summed E-state index contributed by atoms with van der Waals surface area (Å²) in [5.41, 5.74) is 2.08. The van der Waals surface area contributed by atoms with Crippen molar-refractivity contribution in [2.45, 2.75) is 19.8 Å². The Balaban J connectivity index is 1.76. The van der Waals surface area contributed by atoms with E-state index >= 15 is 0 Å². The lowest BCUT2D eigenvalue weighted by Crippen LogP contribution is -1.96. The van der Waals surface area contributed by atoms with Gasteiger partial charge in [0.15, 0.2) is 5.78 Å². The summed E-state index contributed by atoms with van der Waals surface area (Å²) in [7, 11) is 0. The third-order valence-electron chi connectivity index (χ3n) is 4.40. The molecule has 2 aromatic carbocycles. The van der Waals surface area contributed by atoms with E-state index < -0.39 is 5.97 Å². The molecular weight excluding hydrogens is 356 g/mol. The van der Waals surface area contributed by atoms with Gasteiger partial charge in [-0.25, -0.2) is 4.79 Å². The van der Waals surface area contributed by atoms with Gasteiger partial charge in [0.1, 0.15) is 22.8 Å². The maximum Gasteiger partial charge on any atom is 0.339 e. The number of hydrogen-bond donors (Lipinski definition) is 2. The minimum Gasteiger partial charge on any atom is -0.507 e. The summed E-state index contributed by atoms with van der Waals surface area (Å²) in [6.07, 6.45) is 3.01. The molecule has 0 atom stereocenters. The second-order valence-corrected chi connectivity index (χ2v) is 6.71. The van der Waals surface area contributed by atoms with Crippen LogP contribution in [0.15, 0.2) is 65.1 Å². The normalized spacial score (nSPS) is 11.2. The van der Waals surface area contributed by atoms with Crippen LogP contribution in [0.25, 0.3) is 17.4 Å². The quantitative estimate of drug-likeness (QED) is 0.446. The lowest BCUT2D eigenvalue weighted by molar-refractivity contribution is 0.0693. The summed E-state index contributed by atoms with van der Waals surface area (Å²) in [4.78, 5) is 23.5. The van der Waals surface area contributed by atoms with Crippen molar-refractivity contribution in [3.63, 3.8) is 0 Å². The first-order valence-electron chi connectivity index (χ1n) is 8.84. The Morgan fingerprint density at radius 1 is 1.00 bits per heavy atom. The number of phenols is 1. The zero-order chi connectivity index (χ0) is 20.3. The fourth-order valence-electron chi connectivity index (χ4n) is 2.74. The average molecular weight is 376 g/mol. The van der Waals surface area contributed by atoms with Gasteiger partial charge in [-0.3, -0.25) is 4.79 Å². The van der Waals surface area contributed by atoms with Gasteiger partial charge in [0.05, 0.1) is 0 Å². The number of aromatic carboxylic acids is 1. The van der Waals surface area contributed by atoms with Crippen molar-refractivity contribution in [3.8, 4) is 17.1 Å². The number of rotatable bonds is 6. The van der Waals surface area contributed by atoms with E-state index in [1.807, 2.05) is 12.1 Å². The van der Waals surface area contributed by atoms with Crippen LogP contribution in [-0.2, 0) is 0 Å². The molecule has 0 unspecified atom stereocenters. The Kier molecular flexibility index (Phi) is 5.45. The number of furan rings is 1. The number of benzene rings is 2. The smallest absolute Gasteiger partial charge is 0.339 e. The first-order valence-corrected chi connectivity index (χ1v) is 8.84. The Morgan fingerprint density at radius 3 is 2.36 bits per heavy atom. The van der Waals surface area contributed by atoms with E-state index in [1.165, 1.54) is 23.8 Å². The molecule has 0 aliphatic carbocycles. The molecule has 3 rings (SSSR count). The second-order valence-electron chi connectivity index (χ2n) is 6.71. The third-order valence-corrected chi connectivity index (χ3v) is 4.40. The largest absolute Gasteiger partial charge is 0.507 e.